The van der Waals surface area contributed by atoms with Gasteiger partial charge in [-0.2, -0.15) is 5.10 Å². The third-order valence-electron chi connectivity index (χ3n) is 3.42. The molecule has 0 bridgehead atoms. The molecule has 124 valence electrons. The molecular formula is C18H25N3O2. The van der Waals surface area contributed by atoms with Gasteiger partial charge in [-0.15, -0.1) is 0 Å². The third kappa shape index (κ3) is 5.77. The van der Waals surface area contributed by atoms with Crippen molar-refractivity contribution in [3.63, 3.8) is 0 Å². The first-order valence-corrected chi connectivity index (χ1v) is 8.03. The van der Waals surface area contributed by atoms with Crippen LogP contribution in [0.5, 0.6) is 5.75 Å². The first-order chi connectivity index (χ1) is 11.0. The fourth-order valence-corrected chi connectivity index (χ4v) is 2.14. The number of aromatic nitrogens is 2. The van der Waals surface area contributed by atoms with Crippen LogP contribution in [0.4, 0.5) is 0 Å². The van der Waals surface area contributed by atoms with Crippen LogP contribution in [0.25, 0.3) is 11.1 Å². The Balaban J connectivity index is 1.71. The van der Waals surface area contributed by atoms with E-state index >= 15 is 0 Å². The third-order valence-corrected chi connectivity index (χ3v) is 3.42. The number of benzene rings is 1. The summed E-state index contributed by atoms with van der Waals surface area (Å²) in [4.78, 5) is 11.6. The summed E-state index contributed by atoms with van der Waals surface area (Å²) in [5.74, 6) is 1.39. The Morgan fingerprint density at radius 2 is 2.00 bits per heavy atom. The van der Waals surface area contributed by atoms with Crippen LogP contribution in [0.1, 0.15) is 26.7 Å². The van der Waals surface area contributed by atoms with Crippen molar-refractivity contribution < 1.29 is 9.53 Å². The lowest BCUT2D eigenvalue weighted by atomic mass is 10.1. The van der Waals surface area contributed by atoms with Gasteiger partial charge in [0, 0.05) is 31.8 Å². The molecule has 1 heterocycles. The summed E-state index contributed by atoms with van der Waals surface area (Å²) in [5, 5.41) is 7.07. The monoisotopic (exact) mass is 315 g/mol. The van der Waals surface area contributed by atoms with E-state index in [2.05, 4.69) is 24.3 Å². The Bertz CT molecular complexity index is 617. The molecule has 5 nitrogen and oxygen atoms in total. The molecule has 23 heavy (non-hydrogen) atoms. The SMILES string of the molecule is CC(C)CNC(=O)CCCOc1ccc(-c2cnn(C)c2)cc1. The summed E-state index contributed by atoms with van der Waals surface area (Å²) >= 11 is 0. The highest BCUT2D eigenvalue weighted by Gasteiger charge is 2.03. The molecule has 0 atom stereocenters. The largest absolute Gasteiger partial charge is 0.494 e. The van der Waals surface area contributed by atoms with E-state index in [1.807, 2.05) is 43.7 Å². The van der Waals surface area contributed by atoms with Gasteiger partial charge in [0.15, 0.2) is 0 Å². The Kier molecular flexibility index (Phi) is 6.20. The van der Waals surface area contributed by atoms with Crippen LogP contribution in [-0.2, 0) is 11.8 Å². The molecule has 1 amide bonds. The number of hydrogen-bond donors (Lipinski definition) is 1. The van der Waals surface area contributed by atoms with Crippen LogP contribution < -0.4 is 10.1 Å². The molecule has 0 saturated heterocycles. The first-order valence-electron chi connectivity index (χ1n) is 8.03. The Morgan fingerprint density at radius 1 is 1.26 bits per heavy atom. The average molecular weight is 315 g/mol. The number of hydrogen-bond acceptors (Lipinski definition) is 3. The molecule has 0 unspecified atom stereocenters. The van der Waals surface area contributed by atoms with E-state index in [0.29, 0.717) is 25.4 Å². The van der Waals surface area contributed by atoms with E-state index in [9.17, 15) is 4.79 Å². The standard InChI is InChI=1S/C18H25N3O2/c1-14(2)11-19-18(22)5-4-10-23-17-8-6-15(7-9-17)16-12-20-21(3)13-16/h6-9,12-14H,4-5,10-11H2,1-3H3,(H,19,22). The molecule has 0 spiro atoms. The van der Waals surface area contributed by atoms with Crippen molar-refractivity contribution in [2.24, 2.45) is 13.0 Å². The summed E-state index contributed by atoms with van der Waals surface area (Å²) < 4.78 is 7.46. The predicted octanol–water partition coefficient (Wildman–Crippen LogP) is 3.02. The minimum atomic E-state index is 0.0919. The fraction of sp³-hybridized carbons (Fsp3) is 0.444. The smallest absolute Gasteiger partial charge is 0.220 e. The Morgan fingerprint density at radius 3 is 2.61 bits per heavy atom. The van der Waals surface area contributed by atoms with Gasteiger partial charge in [0.05, 0.1) is 12.8 Å². The number of carbonyl (C=O) groups excluding carboxylic acids is 1. The summed E-state index contributed by atoms with van der Waals surface area (Å²) in [6.45, 7) is 5.44. The quantitative estimate of drug-likeness (QED) is 0.762. The predicted molar refractivity (Wildman–Crippen MR) is 91.2 cm³/mol. The summed E-state index contributed by atoms with van der Waals surface area (Å²) in [7, 11) is 1.90. The minimum Gasteiger partial charge on any atom is -0.494 e. The van der Waals surface area contributed by atoms with Gasteiger partial charge >= 0.3 is 0 Å². The lowest BCUT2D eigenvalue weighted by Crippen LogP contribution is -2.27. The average Bonchev–Trinajstić information content (AvgIpc) is 2.96. The zero-order valence-electron chi connectivity index (χ0n) is 14.1. The number of ether oxygens (including phenoxy) is 1. The molecule has 0 fully saturated rings. The van der Waals surface area contributed by atoms with E-state index < -0.39 is 0 Å². The topological polar surface area (TPSA) is 56.1 Å². The molecule has 1 aromatic heterocycles. The van der Waals surface area contributed by atoms with E-state index in [4.69, 9.17) is 4.74 Å². The lowest BCUT2D eigenvalue weighted by molar-refractivity contribution is -0.121. The maximum atomic E-state index is 11.6. The molecule has 2 rings (SSSR count). The van der Waals surface area contributed by atoms with Crippen molar-refractivity contribution in [3.05, 3.63) is 36.7 Å². The first kappa shape index (κ1) is 17.1. The molecular weight excluding hydrogens is 290 g/mol. The number of nitrogens with zero attached hydrogens (tertiary/aromatic N) is 2. The van der Waals surface area contributed by atoms with Crippen molar-refractivity contribution in [1.29, 1.82) is 0 Å². The van der Waals surface area contributed by atoms with E-state index in [-0.39, 0.29) is 5.91 Å². The van der Waals surface area contributed by atoms with E-state index in [0.717, 1.165) is 23.4 Å². The maximum absolute atomic E-state index is 11.6. The fourth-order valence-electron chi connectivity index (χ4n) is 2.14. The normalized spacial score (nSPS) is 10.8. The Labute approximate surface area is 137 Å². The van der Waals surface area contributed by atoms with E-state index in [1.54, 1.807) is 4.68 Å². The molecule has 0 radical (unpaired) electrons. The van der Waals surface area contributed by atoms with Crippen molar-refractivity contribution in [3.8, 4) is 16.9 Å². The van der Waals surface area contributed by atoms with Gasteiger partial charge in [0.25, 0.3) is 0 Å². The molecule has 0 aliphatic carbocycles. The second-order valence-corrected chi connectivity index (χ2v) is 6.08. The minimum absolute atomic E-state index is 0.0919. The van der Waals surface area contributed by atoms with Gasteiger partial charge in [0.1, 0.15) is 5.75 Å². The van der Waals surface area contributed by atoms with Gasteiger partial charge in [-0.1, -0.05) is 26.0 Å². The highest BCUT2D eigenvalue weighted by atomic mass is 16.5. The van der Waals surface area contributed by atoms with Gasteiger partial charge < -0.3 is 10.1 Å². The van der Waals surface area contributed by atoms with Crippen molar-refractivity contribution in [2.45, 2.75) is 26.7 Å². The van der Waals surface area contributed by atoms with Gasteiger partial charge in [-0.05, 0) is 30.0 Å². The molecule has 0 saturated carbocycles. The molecule has 1 N–H and O–H groups in total. The van der Waals surface area contributed by atoms with Crippen molar-refractivity contribution in [1.82, 2.24) is 15.1 Å². The van der Waals surface area contributed by atoms with E-state index in [1.165, 1.54) is 0 Å². The molecule has 1 aromatic carbocycles. The van der Waals surface area contributed by atoms with Crippen molar-refractivity contribution in [2.75, 3.05) is 13.2 Å². The number of nitrogens with one attached hydrogen (secondary N) is 1. The second kappa shape index (κ2) is 8.36. The zero-order chi connectivity index (χ0) is 16.7. The highest BCUT2D eigenvalue weighted by Crippen LogP contribution is 2.21. The van der Waals surface area contributed by atoms with Gasteiger partial charge in [-0.25, -0.2) is 0 Å². The molecule has 0 aliphatic heterocycles. The molecule has 5 heteroatoms. The molecule has 2 aromatic rings. The van der Waals surface area contributed by atoms with Crippen LogP contribution in [0.15, 0.2) is 36.7 Å². The molecule has 0 aliphatic rings. The number of carbonyl (C=O) groups is 1. The second-order valence-electron chi connectivity index (χ2n) is 6.08. The van der Waals surface area contributed by atoms with Crippen LogP contribution in [-0.4, -0.2) is 28.8 Å². The number of aryl methyl sites for hydroxylation is 1. The summed E-state index contributed by atoms with van der Waals surface area (Å²) in [6, 6.07) is 7.92. The summed E-state index contributed by atoms with van der Waals surface area (Å²) in [6.07, 6.45) is 5.03. The zero-order valence-corrected chi connectivity index (χ0v) is 14.1. The van der Waals surface area contributed by atoms with Crippen molar-refractivity contribution >= 4 is 5.91 Å². The summed E-state index contributed by atoms with van der Waals surface area (Å²) in [5.41, 5.74) is 2.19. The van der Waals surface area contributed by atoms with Crippen LogP contribution in [0.3, 0.4) is 0 Å². The highest BCUT2D eigenvalue weighted by molar-refractivity contribution is 5.75. The van der Waals surface area contributed by atoms with Crippen LogP contribution >= 0.6 is 0 Å². The van der Waals surface area contributed by atoms with Gasteiger partial charge in [-0.3, -0.25) is 9.48 Å². The van der Waals surface area contributed by atoms with Gasteiger partial charge in [0.2, 0.25) is 5.91 Å². The number of amides is 1. The Hall–Kier alpha value is -2.30. The maximum Gasteiger partial charge on any atom is 0.220 e. The van der Waals surface area contributed by atoms with Crippen LogP contribution in [0.2, 0.25) is 0 Å². The van der Waals surface area contributed by atoms with Crippen LogP contribution in [0, 0.1) is 5.92 Å². The number of rotatable bonds is 8. The lowest BCUT2D eigenvalue weighted by Gasteiger charge is -2.09.